The maximum Gasteiger partial charge on any atom is 0.287 e. The van der Waals surface area contributed by atoms with Gasteiger partial charge in [0.25, 0.3) is 5.91 Å². The van der Waals surface area contributed by atoms with Crippen LogP contribution < -0.4 is 15.0 Å². The number of rotatable bonds is 5. The number of likely N-dealkylation sites (tertiary alicyclic amines) is 1. The molecule has 1 fully saturated rings. The lowest BCUT2D eigenvalue weighted by molar-refractivity contribution is -0.929. The molecule has 0 radical (unpaired) electrons. The summed E-state index contributed by atoms with van der Waals surface area (Å²) in [6.07, 6.45) is 2.39. The molecule has 3 rings (SSSR count). The fourth-order valence-corrected chi connectivity index (χ4v) is 4.03. The summed E-state index contributed by atoms with van der Waals surface area (Å²) in [5, 5.41) is 3.53. The van der Waals surface area contributed by atoms with Gasteiger partial charge in [0.1, 0.15) is 5.75 Å². The summed E-state index contributed by atoms with van der Waals surface area (Å²) in [5.74, 6) is 1.23. The van der Waals surface area contributed by atoms with Crippen LogP contribution in [0.3, 0.4) is 0 Å². The van der Waals surface area contributed by atoms with Crippen LogP contribution in [0.4, 0.5) is 5.69 Å². The number of ether oxygens (including phenoxy) is 1. The Morgan fingerprint density at radius 3 is 2.69 bits per heavy atom. The number of halogens is 1. The second kappa shape index (κ2) is 8.56. The van der Waals surface area contributed by atoms with Crippen LogP contribution in [0.15, 0.2) is 48.5 Å². The van der Waals surface area contributed by atoms with E-state index in [1.165, 1.54) is 11.3 Å². The number of hydrogen-bond donors (Lipinski definition) is 2. The summed E-state index contributed by atoms with van der Waals surface area (Å²) < 4.78 is 5.18. The number of benzene rings is 2. The van der Waals surface area contributed by atoms with Gasteiger partial charge < -0.3 is 15.0 Å². The van der Waals surface area contributed by atoms with E-state index in [-0.39, 0.29) is 11.9 Å². The highest BCUT2D eigenvalue weighted by Gasteiger charge is 2.34. The number of carbonyl (C=O) groups excluding carboxylic acids is 1. The van der Waals surface area contributed by atoms with E-state index in [2.05, 4.69) is 12.2 Å². The summed E-state index contributed by atoms with van der Waals surface area (Å²) in [7, 11) is 1.58. The molecule has 4 nitrogen and oxygen atoms in total. The van der Waals surface area contributed by atoms with E-state index in [9.17, 15) is 4.79 Å². The summed E-state index contributed by atoms with van der Waals surface area (Å²) in [6.45, 7) is 4.29. The summed E-state index contributed by atoms with van der Waals surface area (Å²) in [5.41, 5.74) is 1.74. The average Bonchev–Trinajstić information content (AvgIpc) is 2.63. The first kappa shape index (κ1) is 18.7. The third-order valence-corrected chi connectivity index (χ3v) is 5.32. The lowest BCUT2D eigenvalue weighted by atomic mass is 9.95. The van der Waals surface area contributed by atoms with Crippen molar-refractivity contribution in [1.29, 1.82) is 0 Å². The lowest BCUT2D eigenvalue weighted by Gasteiger charge is -2.33. The van der Waals surface area contributed by atoms with E-state index in [4.69, 9.17) is 16.3 Å². The van der Waals surface area contributed by atoms with Gasteiger partial charge in [-0.2, -0.15) is 0 Å². The Kier molecular flexibility index (Phi) is 6.17. The molecule has 1 heterocycles. The van der Waals surface area contributed by atoms with Gasteiger partial charge >= 0.3 is 0 Å². The van der Waals surface area contributed by atoms with Gasteiger partial charge in [0.15, 0.2) is 6.04 Å². The SMILES string of the molecule is COc1ccc(NC(=O)[C@H](c2ccccc2)[NH+]2CCC[C@@H](C)C2)cc1Cl. The molecule has 1 aliphatic heterocycles. The zero-order chi connectivity index (χ0) is 18.5. The molecule has 0 aliphatic carbocycles. The summed E-state index contributed by atoms with van der Waals surface area (Å²) in [6, 6.07) is 15.1. The fourth-order valence-electron chi connectivity index (χ4n) is 3.77. The number of carbonyl (C=O) groups is 1. The van der Waals surface area contributed by atoms with E-state index in [1.54, 1.807) is 19.2 Å². The molecule has 5 heteroatoms. The minimum Gasteiger partial charge on any atom is -0.495 e. The van der Waals surface area contributed by atoms with Crippen molar-refractivity contribution in [3.63, 3.8) is 0 Å². The molecular formula is C21H26ClN2O2+. The molecule has 0 saturated carbocycles. The minimum absolute atomic E-state index is 0.00142. The number of amides is 1. The van der Waals surface area contributed by atoms with Crippen molar-refractivity contribution in [3.05, 3.63) is 59.1 Å². The van der Waals surface area contributed by atoms with E-state index in [1.807, 2.05) is 36.4 Å². The van der Waals surface area contributed by atoms with Crippen molar-refractivity contribution in [3.8, 4) is 5.75 Å². The first-order valence-corrected chi connectivity index (χ1v) is 9.50. The van der Waals surface area contributed by atoms with Crippen molar-refractivity contribution in [2.24, 2.45) is 5.92 Å². The van der Waals surface area contributed by atoms with Crippen LogP contribution in [0.1, 0.15) is 31.4 Å². The van der Waals surface area contributed by atoms with Gasteiger partial charge in [0.05, 0.1) is 25.2 Å². The number of hydrogen-bond acceptors (Lipinski definition) is 2. The second-order valence-corrected chi connectivity index (χ2v) is 7.45. The third-order valence-electron chi connectivity index (χ3n) is 5.03. The first-order valence-electron chi connectivity index (χ1n) is 9.12. The third kappa shape index (κ3) is 4.37. The van der Waals surface area contributed by atoms with Crippen molar-refractivity contribution in [2.45, 2.75) is 25.8 Å². The quantitative estimate of drug-likeness (QED) is 0.844. The Morgan fingerprint density at radius 2 is 2.04 bits per heavy atom. The molecule has 26 heavy (non-hydrogen) atoms. The van der Waals surface area contributed by atoms with Crippen LogP contribution in [0.5, 0.6) is 5.75 Å². The zero-order valence-electron chi connectivity index (χ0n) is 15.3. The van der Waals surface area contributed by atoms with Gasteiger partial charge in [-0.3, -0.25) is 4.79 Å². The Bertz CT molecular complexity index is 751. The molecule has 0 aromatic heterocycles. The van der Waals surface area contributed by atoms with Gasteiger partial charge in [-0.15, -0.1) is 0 Å². The van der Waals surface area contributed by atoms with Gasteiger partial charge in [0, 0.05) is 17.2 Å². The summed E-state index contributed by atoms with van der Waals surface area (Å²) in [4.78, 5) is 14.5. The Balaban J connectivity index is 1.84. The first-order chi connectivity index (χ1) is 12.6. The normalized spacial score (nSPS) is 21.0. The van der Waals surface area contributed by atoms with Gasteiger partial charge in [-0.05, 0) is 31.0 Å². The molecule has 0 spiro atoms. The van der Waals surface area contributed by atoms with E-state index in [0.29, 0.717) is 22.4 Å². The molecule has 1 aliphatic rings. The predicted molar refractivity (Wildman–Crippen MR) is 105 cm³/mol. The Morgan fingerprint density at radius 1 is 1.27 bits per heavy atom. The van der Waals surface area contributed by atoms with E-state index in [0.717, 1.165) is 25.1 Å². The summed E-state index contributed by atoms with van der Waals surface area (Å²) >= 11 is 6.20. The Labute approximate surface area is 160 Å². The van der Waals surface area contributed by atoms with Crippen LogP contribution in [-0.4, -0.2) is 26.1 Å². The maximum absolute atomic E-state index is 13.2. The van der Waals surface area contributed by atoms with Crippen LogP contribution in [0.2, 0.25) is 5.02 Å². The molecule has 1 amide bonds. The number of methoxy groups -OCH3 is 1. The van der Waals surface area contributed by atoms with Gasteiger partial charge in [0.2, 0.25) is 0 Å². The number of quaternary nitrogens is 1. The van der Waals surface area contributed by atoms with Crippen molar-refractivity contribution in [1.82, 2.24) is 0 Å². The minimum atomic E-state index is -0.222. The lowest BCUT2D eigenvalue weighted by Crippen LogP contribution is -3.14. The predicted octanol–water partition coefficient (Wildman–Crippen LogP) is 3.34. The molecule has 1 unspecified atom stereocenters. The standard InChI is InChI=1S/C21H25ClN2O2/c1-15-7-6-12-24(14-15)20(16-8-4-3-5-9-16)21(25)23-17-10-11-19(26-2)18(22)13-17/h3-5,8-11,13,15,20H,6-7,12,14H2,1-2H3,(H,23,25)/p+1/t15-,20+/m1/s1. The highest BCUT2D eigenvalue weighted by atomic mass is 35.5. The van der Waals surface area contributed by atoms with E-state index >= 15 is 0 Å². The monoisotopic (exact) mass is 373 g/mol. The van der Waals surface area contributed by atoms with E-state index < -0.39 is 0 Å². The molecule has 2 aromatic carbocycles. The average molecular weight is 374 g/mol. The smallest absolute Gasteiger partial charge is 0.287 e. The van der Waals surface area contributed by atoms with Crippen LogP contribution in [0.25, 0.3) is 0 Å². The van der Waals surface area contributed by atoms with Crippen molar-refractivity contribution >= 4 is 23.2 Å². The zero-order valence-corrected chi connectivity index (χ0v) is 16.1. The van der Waals surface area contributed by atoms with Crippen LogP contribution in [0, 0.1) is 5.92 Å². The molecular weight excluding hydrogens is 348 g/mol. The molecule has 3 atom stereocenters. The number of nitrogens with one attached hydrogen (secondary N) is 2. The van der Waals surface area contributed by atoms with Crippen molar-refractivity contribution in [2.75, 3.05) is 25.5 Å². The second-order valence-electron chi connectivity index (χ2n) is 7.04. The fraction of sp³-hybridized carbons (Fsp3) is 0.381. The van der Waals surface area contributed by atoms with Crippen LogP contribution in [-0.2, 0) is 4.79 Å². The highest BCUT2D eigenvalue weighted by Crippen LogP contribution is 2.27. The topological polar surface area (TPSA) is 42.8 Å². The van der Waals surface area contributed by atoms with Crippen LogP contribution >= 0.6 is 11.6 Å². The largest absolute Gasteiger partial charge is 0.495 e. The molecule has 1 saturated heterocycles. The highest BCUT2D eigenvalue weighted by molar-refractivity contribution is 6.32. The molecule has 2 N–H and O–H groups in total. The maximum atomic E-state index is 13.2. The molecule has 2 aromatic rings. The van der Waals surface area contributed by atoms with Gasteiger partial charge in [-0.1, -0.05) is 48.9 Å². The number of piperidine rings is 1. The Hall–Kier alpha value is -2.04. The molecule has 0 bridgehead atoms. The van der Waals surface area contributed by atoms with Crippen molar-refractivity contribution < 1.29 is 14.4 Å². The van der Waals surface area contributed by atoms with Gasteiger partial charge in [-0.25, -0.2) is 0 Å². The molecule has 138 valence electrons. The number of anilines is 1.